The molecule has 1 aliphatic heterocycles. The van der Waals surface area contributed by atoms with Gasteiger partial charge in [-0.3, -0.25) is 4.79 Å². The first-order valence-corrected chi connectivity index (χ1v) is 13.3. The fraction of sp³-hybridized carbons (Fsp3) is 0.714. The Morgan fingerprint density at radius 2 is 1.51 bits per heavy atom. The minimum atomic E-state index is -1.04. The van der Waals surface area contributed by atoms with Crippen molar-refractivity contribution in [2.24, 2.45) is 5.41 Å². The zero-order valence-electron chi connectivity index (χ0n) is 24.0. The monoisotopic (exact) mass is 554 g/mol. The molecule has 0 radical (unpaired) electrons. The van der Waals surface area contributed by atoms with Gasteiger partial charge in [0, 0.05) is 18.6 Å². The summed E-state index contributed by atoms with van der Waals surface area (Å²) in [7, 11) is 0. The fourth-order valence-electron chi connectivity index (χ4n) is 3.33. The Bertz CT molecular complexity index is 881. The number of rotatable bonds is 14. The van der Waals surface area contributed by atoms with E-state index in [0.29, 0.717) is 6.54 Å². The summed E-state index contributed by atoms with van der Waals surface area (Å²) in [6.45, 7) is 12.4. The van der Waals surface area contributed by atoms with E-state index in [1.54, 1.807) is 20.8 Å². The van der Waals surface area contributed by atoms with Gasteiger partial charge in [-0.15, -0.1) is 0 Å². The molecule has 1 aliphatic rings. The first-order valence-electron chi connectivity index (χ1n) is 13.3. The van der Waals surface area contributed by atoms with E-state index >= 15 is 0 Å². The fourth-order valence-corrected chi connectivity index (χ4v) is 3.33. The number of alkyl carbamates (subject to hydrolysis) is 1. The zero-order valence-corrected chi connectivity index (χ0v) is 24.0. The molecule has 4 N–H and O–H groups in total. The highest BCUT2D eigenvalue weighted by Gasteiger charge is 2.32. The SMILES string of the molecule is CC(C)(C)NCc1ccc(CNC(=O)OCC(O)COC2COCC2OCC(CO)OC(=O)C(C)(C)C)cc1. The molecule has 1 heterocycles. The Morgan fingerprint density at radius 1 is 0.949 bits per heavy atom. The number of carbonyl (C=O) groups excluding carboxylic acids is 2. The smallest absolute Gasteiger partial charge is 0.407 e. The number of esters is 1. The second-order valence-electron chi connectivity index (χ2n) is 11.8. The summed E-state index contributed by atoms with van der Waals surface area (Å²) < 4.78 is 27.3. The molecule has 39 heavy (non-hydrogen) atoms. The van der Waals surface area contributed by atoms with Crippen molar-refractivity contribution in [2.75, 3.05) is 39.6 Å². The van der Waals surface area contributed by atoms with E-state index in [4.69, 9.17) is 23.7 Å². The van der Waals surface area contributed by atoms with Crippen LogP contribution in [-0.2, 0) is 41.6 Å². The minimum absolute atomic E-state index is 0.0193. The molecule has 222 valence electrons. The summed E-state index contributed by atoms with van der Waals surface area (Å²) in [4.78, 5) is 24.1. The van der Waals surface area contributed by atoms with Gasteiger partial charge in [0.05, 0.1) is 38.4 Å². The zero-order chi connectivity index (χ0) is 29.1. The van der Waals surface area contributed by atoms with Crippen molar-refractivity contribution in [3.63, 3.8) is 0 Å². The summed E-state index contributed by atoms with van der Waals surface area (Å²) >= 11 is 0. The van der Waals surface area contributed by atoms with Crippen molar-refractivity contribution >= 4 is 12.1 Å². The van der Waals surface area contributed by atoms with Gasteiger partial charge in [-0.05, 0) is 52.7 Å². The normalized spacial score (nSPS) is 19.4. The number of ether oxygens (including phenoxy) is 5. The van der Waals surface area contributed by atoms with Gasteiger partial charge in [0.15, 0.2) is 0 Å². The molecule has 1 amide bonds. The number of nitrogens with one attached hydrogen (secondary N) is 2. The highest BCUT2D eigenvalue weighted by atomic mass is 16.6. The molecule has 0 aliphatic carbocycles. The van der Waals surface area contributed by atoms with Crippen LogP contribution in [0.2, 0.25) is 0 Å². The summed E-state index contributed by atoms with van der Waals surface area (Å²) in [6, 6.07) is 7.91. The molecule has 11 nitrogen and oxygen atoms in total. The van der Waals surface area contributed by atoms with Gasteiger partial charge < -0.3 is 44.5 Å². The summed E-state index contributed by atoms with van der Waals surface area (Å²) in [5.74, 6) is -0.435. The Morgan fingerprint density at radius 3 is 2.05 bits per heavy atom. The third-order valence-electron chi connectivity index (χ3n) is 5.76. The Balaban J connectivity index is 1.65. The van der Waals surface area contributed by atoms with Crippen molar-refractivity contribution in [1.82, 2.24) is 10.6 Å². The van der Waals surface area contributed by atoms with E-state index in [0.717, 1.165) is 17.7 Å². The van der Waals surface area contributed by atoms with E-state index in [9.17, 15) is 19.8 Å². The van der Waals surface area contributed by atoms with E-state index < -0.39 is 41.9 Å². The molecular weight excluding hydrogens is 508 g/mol. The number of hydrogen-bond acceptors (Lipinski definition) is 10. The van der Waals surface area contributed by atoms with Crippen molar-refractivity contribution in [2.45, 2.75) is 84.6 Å². The Labute approximate surface area is 231 Å². The molecule has 11 heteroatoms. The van der Waals surface area contributed by atoms with Gasteiger partial charge in [0.1, 0.15) is 31.0 Å². The van der Waals surface area contributed by atoms with Gasteiger partial charge in [0.25, 0.3) is 0 Å². The molecule has 1 aromatic carbocycles. The van der Waals surface area contributed by atoms with Crippen LogP contribution in [-0.4, -0.2) is 91.9 Å². The van der Waals surface area contributed by atoms with E-state index in [2.05, 4.69) is 31.4 Å². The van der Waals surface area contributed by atoms with E-state index in [1.807, 2.05) is 24.3 Å². The molecule has 0 aromatic heterocycles. The van der Waals surface area contributed by atoms with Crippen LogP contribution in [0.5, 0.6) is 0 Å². The number of hydrogen-bond donors (Lipinski definition) is 4. The molecule has 4 unspecified atom stereocenters. The third kappa shape index (κ3) is 13.1. The number of benzene rings is 1. The van der Waals surface area contributed by atoms with Gasteiger partial charge >= 0.3 is 12.1 Å². The molecule has 0 bridgehead atoms. The number of aliphatic hydroxyl groups is 2. The van der Waals surface area contributed by atoms with Gasteiger partial charge in [-0.25, -0.2) is 4.79 Å². The Hall–Kier alpha value is -2.28. The lowest BCUT2D eigenvalue weighted by molar-refractivity contribution is -0.167. The summed E-state index contributed by atoms with van der Waals surface area (Å²) in [5, 5.41) is 25.8. The first-order chi connectivity index (χ1) is 18.3. The maximum atomic E-state index is 12.0. The van der Waals surface area contributed by atoms with Crippen LogP contribution in [0, 0.1) is 5.41 Å². The standard InChI is InChI=1S/C28H46N2O9/c1-27(2,3)25(33)39-22(13-31)16-37-24-18-35-17-23(24)36-14-21(32)15-38-26(34)29-11-19-7-9-20(10-8-19)12-30-28(4,5)6/h7-10,21-24,30-32H,11-18H2,1-6H3,(H,29,34). The number of aliphatic hydroxyl groups excluding tert-OH is 2. The predicted octanol–water partition coefficient (Wildman–Crippen LogP) is 1.91. The van der Waals surface area contributed by atoms with Crippen molar-refractivity contribution in [3.8, 4) is 0 Å². The molecule has 1 fully saturated rings. The second kappa shape index (κ2) is 15.5. The minimum Gasteiger partial charge on any atom is -0.457 e. The first kappa shape index (κ1) is 32.9. The quantitative estimate of drug-likeness (QED) is 0.252. The van der Waals surface area contributed by atoms with Crippen LogP contribution in [0.1, 0.15) is 52.7 Å². The van der Waals surface area contributed by atoms with Crippen molar-refractivity contribution < 1.29 is 43.5 Å². The van der Waals surface area contributed by atoms with Gasteiger partial charge in [-0.2, -0.15) is 0 Å². The Kier molecular flexibility index (Phi) is 13.1. The lowest BCUT2D eigenvalue weighted by Crippen LogP contribution is -2.38. The van der Waals surface area contributed by atoms with Crippen molar-refractivity contribution in [1.29, 1.82) is 0 Å². The molecule has 1 aromatic rings. The van der Waals surface area contributed by atoms with E-state index in [1.165, 1.54) is 0 Å². The molecular formula is C28H46N2O9. The number of amides is 1. The third-order valence-corrected chi connectivity index (χ3v) is 5.76. The summed E-state index contributed by atoms with van der Waals surface area (Å²) in [6.07, 6.45) is -3.41. The van der Waals surface area contributed by atoms with Crippen molar-refractivity contribution in [3.05, 3.63) is 35.4 Å². The maximum absolute atomic E-state index is 12.0. The van der Waals surface area contributed by atoms with Gasteiger partial charge in [0.2, 0.25) is 0 Å². The van der Waals surface area contributed by atoms with Crippen LogP contribution < -0.4 is 10.6 Å². The second-order valence-corrected chi connectivity index (χ2v) is 11.8. The van der Waals surface area contributed by atoms with Gasteiger partial charge in [-0.1, -0.05) is 24.3 Å². The van der Waals surface area contributed by atoms with Crippen LogP contribution >= 0.6 is 0 Å². The maximum Gasteiger partial charge on any atom is 0.407 e. The molecule has 2 rings (SSSR count). The number of carbonyl (C=O) groups is 2. The lowest BCUT2D eigenvalue weighted by Gasteiger charge is -2.25. The summed E-state index contributed by atoms with van der Waals surface area (Å²) in [5.41, 5.74) is 1.42. The highest BCUT2D eigenvalue weighted by Crippen LogP contribution is 2.18. The van der Waals surface area contributed by atoms with Crippen LogP contribution in [0.25, 0.3) is 0 Å². The topological polar surface area (TPSA) is 145 Å². The molecule has 0 spiro atoms. The molecule has 1 saturated heterocycles. The largest absolute Gasteiger partial charge is 0.457 e. The van der Waals surface area contributed by atoms with Crippen LogP contribution in [0.3, 0.4) is 0 Å². The molecule has 4 atom stereocenters. The lowest BCUT2D eigenvalue weighted by atomic mass is 9.97. The van der Waals surface area contributed by atoms with Crippen LogP contribution in [0.15, 0.2) is 24.3 Å². The predicted molar refractivity (Wildman–Crippen MR) is 144 cm³/mol. The van der Waals surface area contributed by atoms with Crippen LogP contribution in [0.4, 0.5) is 4.79 Å². The van der Waals surface area contributed by atoms with E-state index in [-0.39, 0.29) is 45.2 Å². The highest BCUT2D eigenvalue weighted by molar-refractivity contribution is 5.75. The average molecular weight is 555 g/mol. The molecule has 0 saturated carbocycles. The average Bonchev–Trinajstić information content (AvgIpc) is 3.32.